The van der Waals surface area contributed by atoms with Gasteiger partial charge in [0, 0.05) is 5.69 Å². The van der Waals surface area contributed by atoms with Crippen LogP contribution in [0.4, 0.5) is 10.8 Å². The molecule has 0 amide bonds. The van der Waals surface area contributed by atoms with E-state index in [0.717, 1.165) is 16.9 Å². The van der Waals surface area contributed by atoms with Gasteiger partial charge in [-0.15, -0.1) is 10.2 Å². The number of benzene rings is 1. The summed E-state index contributed by atoms with van der Waals surface area (Å²) < 4.78 is 26.8. The van der Waals surface area contributed by atoms with E-state index < -0.39 is 10.0 Å². The fourth-order valence-electron chi connectivity index (χ4n) is 1.52. The van der Waals surface area contributed by atoms with E-state index >= 15 is 0 Å². The molecule has 0 saturated carbocycles. The van der Waals surface area contributed by atoms with E-state index in [0.29, 0.717) is 11.3 Å². The third-order valence-corrected chi connectivity index (χ3v) is 4.62. The first-order chi connectivity index (χ1) is 8.40. The standard InChI is InChI=1S/C10H12N4O2S2/c1-6-3-8(11)7(2)9(4-6)18(15,16)14-10-13-12-5-17-10/h3-5H,11H2,1-2H3,(H,13,14). The number of aryl methyl sites for hydroxylation is 1. The number of anilines is 2. The summed E-state index contributed by atoms with van der Waals surface area (Å²) in [5.74, 6) is 0. The van der Waals surface area contributed by atoms with Gasteiger partial charge in [0.25, 0.3) is 10.0 Å². The Bertz CT molecular complexity index is 665. The number of nitrogens with two attached hydrogens (primary N) is 1. The summed E-state index contributed by atoms with van der Waals surface area (Å²) in [5.41, 5.74) is 8.99. The second-order valence-corrected chi connectivity index (χ2v) is 6.31. The lowest BCUT2D eigenvalue weighted by Gasteiger charge is -2.11. The highest BCUT2D eigenvalue weighted by Gasteiger charge is 2.20. The molecule has 0 aliphatic carbocycles. The molecule has 0 bridgehead atoms. The molecule has 18 heavy (non-hydrogen) atoms. The van der Waals surface area contributed by atoms with Gasteiger partial charge in [-0.3, -0.25) is 4.72 Å². The zero-order valence-electron chi connectivity index (χ0n) is 9.84. The largest absolute Gasteiger partial charge is 0.398 e. The quantitative estimate of drug-likeness (QED) is 0.833. The van der Waals surface area contributed by atoms with Gasteiger partial charge in [-0.1, -0.05) is 11.3 Å². The Balaban J connectivity index is 2.48. The highest BCUT2D eigenvalue weighted by atomic mass is 32.2. The maximum absolute atomic E-state index is 12.2. The van der Waals surface area contributed by atoms with E-state index in [9.17, 15) is 8.42 Å². The van der Waals surface area contributed by atoms with Gasteiger partial charge in [-0.25, -0.2) is 8.42 Å². The molecule has 0 radical (unpaired) electrons. The van der Waals surface area contributed by atoms with E-state index in [1.807, 2.05) is 0 Å². The van der Waals surface area contributed by atoms with E-state index in [1.54, 1.807) is 26.0 Å². The van der Waals surface area contributed by atoms with Crippen molar-refractivity contribution in [1.29, 1.82) is 0 Å². The Morgan fingerprint density at radius 2 is 2.06 bits per heavy atom. The van der Waals surface area contributed by atoms with E-state index in [1.165, 1.54) is 5.51 Å². The van der Waals surface area contributed by atoms with Crippen LogP contribution in [0.3, 0.4) is 0 Å². The Morgan fingerprint density at radius 1 is 1.33 bits per heavy atom. The van der Waals surface area contributed by atoms with Crippen molar-refractivity contribution >= 4 is 32.2 Å². The van der Waals surface area contributed by atoms with Crippen molar-refractivity contribution in [2.24, 2.45) is 0 Å². The second-order valence-electron chi connectivity index (χ2n) is 3.83. The van der Waals surface area contributed by atoms with Gasteiger partial charge in [-0.2, -0.15) is 0 Å². The van der Waals surface area contributed by atoms with Gasteiger partial charge in [-0.05, 0) is 37.1 Å². The third-order valence-electron chi connectivity index (χ3n) is 2.42. The van der Waals surface area contributed by atoms with Crippen molar-refractivity contribution < 1.29 is 8.42 Å². The molecular formula is C10H12N4O2S2. The van der Waals surface area contributed by atoms with Crippen molar-refractivity contribution in [2.45, 2.75) is 18.7 Å². The minimum atomic E-state index is -3.68. The highest BCUT2D eigenvalue weighted by Crippen LogP contribution is 2.25. The fraction of sp³-hybridized carbons (Fsp3) is 0.200. The number of hydrogen-bond acceptors (Lipinski definition) is 6. The zero-order chi connectivity index (χ0) is 13.3. The van der Waals surface area contributed by atoms with Crippen LogP contribution < -0.4 is 10.5 Å². The molecule has 8 heteroatoms. The summed E-state index contributed by atoms with van der Waals surface area (Å²) in [6.07, 6.45) is 0. The molecule has 0 fully saturated rings. The molecule has 96 valence electrons. The van der Waals surface area contributed by atoms with Crippen LogP contribution in [0.15, 0.2) is 22.5 Å². The van der Waals surface area contributed by atoms with Crippen molar-refractivity contribution in [3.05, 3.63) is 28.8 Å². The smallest absolute Gasteiger partial charge is 0.264 e. The average Bonchev–Trinajstić information content (AvgIpc) is 2.75. The molecule has 0 spiro atoms. The first-order valence-electron chi connectivity index (χ1n) is 5.06. The van der Waals surface area contributed by atoms with Crippen LogP contribution in [0.2, 0.25) is 0 Å². The molecule has 6 nitrogen and oxygen atoms in total. The third kappa shape index (κ3) is 2.44. The van der Waals surface area contributed by atoms with Crippen LogP contribution >= 0.6 is 11.3 Å². The van der Waals surface area contributed by atoms with Crippen molar-refractivity contribution in [2.75, 3.05) is 10.5 Å². The summed E-state index contributed by atoms with van der Waals surface area (Å²) in [5, 5.41) is 7.45. The number of nitrogens with zero attached hydrogens (tertiary/aromatic N) is 2. The molecule has 0 aliphatic rings. The average molecular weight is 284 g/mol. The van der Waals surface area contributed by atoms with Gasteiger partial charge in [0.15, 0.2) is 0 Å². The van der Waals surface area contributed by atoms with Gasteiger partial charge in [0.1, 0.15) is 5.51 Å². The van der Waals surface area contributed by atoms with Crippen molar-refractivity contribution in [3.63, 3.8) is 0 Å². The SMILES string of the molecule is Cc1cc(N)c(C)c(S(=O)(=O)Nc2nncs2)c1. The molecular weight excluding hydrogens is 272 g/mol. The maximum Gasteiger partial charge on any atom is 0.264 e. The molecule has 0 aliphatic heterocycles. The van der Waals surface area contributed by atoms with Gasteiger partial charge in [0.2, 0.25) is 5.13 Å². The highest BCUT2D eigenvalue weighted by molar-refractivity contribution is 7.93. The zero-order valence-corrected chi connectivity index (χ0v) is 11.5. The molecule has 1 heterocycles. The molecule has 1 aromatic carbocycles. The topological polar surface area (TPSA) is 98.0 Å². The predicted molar refractivity (Wildman–Crippen MR) is 71.0 cm³/mol. The summed E-state index contributed by atoms with van der Waals surface area (Å²) in [6, 6.07) is 3.31. The molecule has 0 saturated heterocycles. The number of rotatable bonds is 3. The molecule has 0 atom stereocenters. The molecule has 3 N–H and O–H groups in total. The van der Waals surface area contributed by atoms with Crippen LogP contribution in [-0.2, 0) is 10.0 Å². The van der Waals surface area contributed by atoms with E-state index in [-0.39, 0.29) is 10.0 Å². The number of nitrogen functional groups attached to an aromatic ring is 1. The Labute approximate surface area is 109 Å². The fourth-order valence-corrected chi connectivity index (χ4v) is 3.57. The van der Waals surface area contributed by atoms with Crippen molar-refractivity contribution in [1.82, 2.24) is 10.2 Å². The molecule has 1 aromatic heterocycles. The van der Waals surface area contributed by atoms with Crippen molar-refractivity contribution in [3.8, 4) is 0 Å². The predicted octanol–water partition coefficient (Wildman–Crippen LogP) is 1.54. The van der Waals surface area contributed by atoms with E-state index in [4.69, 9.17) is 5.73 Å². The van der Waals surface area contributed by atoms with Crippen LogP contribution in [0.25, 0.3) is 0 Å². The van der Waals surface area contributed by atoms with Crippen LogP contribution in [0.5, 0.6) is 0 Å². The summed E-state index contributed by atoms with van der Waals surface area (Å²) in [4.78, 5) is 0.162. The minimum absolute atomic E-state index is 0.162. The van der Waals surface area contributed by atoms with Crippen LogP contribution in [0.1, 0.15) is 11.1 Å². The lowest BCUT2D eigenvalue weighted by Crippen LogP contribution is -2.15. The Hall–Kier alpha value is -1.67. The lowest BCUT2D eigenvalue weighted by atomic mass is 10.1. The van der Waals surface area contributed by atoms with Gasteiger partial charge < -0.3 is 5.73 Å². The first-order valence-corrected chi connectivity index (χ1v) is 7.42. The minimum Gasteiger partial charge on any atom is -0.398 e. The molecule has 0 unspecified atom stereocenters. The van der Waals surface area contributed by atoms with Crippen LogP contribution in [-0.4, -0.2) is 18.6 Å². The summed E-state index contributed by atoms with van der Waals surface area (Å²) >= 11 is 1.11. The number of sulfonamides is 1. The summed E-state index contributed by atoms with van der Waals surface area (Å²) in [6.45, 7) is 3.46. The second kappa shape index (κ2) is 4.54. The number of nitrogens with one attached hydrogen (secondary N) is 1. The Kier molecular flexibility index (Phi) is 3.22. The number of hydrogen-bond donors (Lipinski definition) is 2. The van der Waals surface area contributed by atoms with E-state index in [2.05, 4.69) is 14.9 Å². The van der Waals surface area contributed by atoms with Gasteiger partial charge >= 0.3 is 0 Å². The maximum atomic E-state index is 12.2. The lowest BCUT2D eigenvalue weighted by molar-refractivity contribution is 0.600. The van der Waals surface area contributed by atoms with Crippen LogP contribution in [0, 0.1) is 13.8 Å². The monoisotopic (exact) mass is 284 g/mol. The number of aromatic nitrogens is 2. The summed E-state index contributed by atoms with van der Waals surface area (Å²) in [7, 11) is -3.68. The van der Waals surface area contributed by atoms with Gasteiger partial charge in [0.05, 0.1) is 4.90 Å². The first kappa shape index (κ1) is 12.8. The molecule has 2 rings (SSSR count). The normalized spacial score (nSPS) is 11.4. The Morgan fingerprint density at radius 3 is 2.67 bits per heavy atom. The molecule has 2 aromatic rings.